The molecule has 0 fully saturated rings. The lowest BCUT2D eigenvalue weighted by Gasteiger charge is -2.30. The number of amides is 1. The second-order valence-electron chi connectivity index (χ2n) is 4.85. The second-order valence-corrected chi connectivity index (χ2v) is 4.85. The monoisotopic (exact) mass is 271 g/mol. The first kappa shape index (κ1) is 15.4. The Labute approximate surface area is 112 Å². The van der Waals surface area contributed by atoms with Crippen molar-refractivity contribution in [2.45, 2.75) is 39.8 Å². The number of nitrogens with zero attached hydrogens (tertiary/aromatic N) is 1. The molecule has 0 heterocycles. The minimum Gasteiger partial charge on any atom is -0.481 e. The summed E-state index contributed by atoms with van der Waals surface area (Å²) >= 11 is 0. The van der Waals surface area contributed by atoms with E-state index in [0.717, 1.165) is 12.1 Å². The molecule has 0 unspecified atom stereocenters. The Morgan fingerprint density at radius 1 is 1.21 bits per heavy atom. The highest BCUT2D eigenvalue weighted by molar-refractivity contribution is 5.78. The fourth-order valence-corrected chi connectivity index (χ4v) is 1.98. The summed E-state index contributed by atoms with van der Waals surface area (Å²) in [6.45, 7) is 7.33. The fraction of sp³-hybridized carbons (Fsp3) is 0.500. The second kappa shape index (κ2) is 6.50. The summed E-state index contributed by atoms with van der Waals surface area (Å²) in [6.07, 6.45) is 0. The van der Waals surface area contributed by atoms with Gasteiger partial charge in [-0.1, -0.05) is 0 Å². The van der Waals surface area contributed by atoms with Crippen LogP contribution in [0.15, 0.2) is 18.2 Å². The van der Waals surface area contributed by atoms with Crippen LogP contribution in [-0.2, 0) is 4.79 Å². The first-order chi connectivity index (χ1) is 8.82. The van der Waals surface area contributed by atoms with Gasteiger partial charge in [-0.25, -0.2) is 8.78 Å². The van der Waals surface area contributed by atoms with Gasteiger partial charge < -0.3 is 9.64 Å². The van der Waals surface area contributed by atoms with Gasteiger partial charge in [-0.3, -0.25) is 4.79 Å². The molecule has 19 heavy (non-hydrogen) atoms. The topological polar surface area (TPSA) is 29.5 Å². The number of rotatable bonds is 5. The molecule has 0 saturated heterocycles. The Hall–Kier alpha value is -1.65. The summed E-state index contributed by atoms with van der Waals surface area (Å²) in [5.41, 5.74) is 0. The maximum Gasteiger partial charge on any atom is 0.260 e. The van der Waals surface area contributed by atoms with E-state index in [1.807, 2.05) is 27.7 Å². The summed E-state index contributed by atoms with van der Waals surface area (Å²) in [6, 6.07) is 3.06. The maximum atomic E-state index is 13.3. The summed E-state index contributed by atoms with van der Waals surface area (Å²) in [4.78, 5) is 13.6. The van der Waals surface area contributed by atoms with E-state index in [-0.39, 0.29) is 30.3 Å². The van der Waals surface area contributed by atoms with E-state index in [0.29, 0.717) is 0 Å². The van der Waals surface area contributed by atoms with Crippen molar-refractivity contribution < 1.29 is 18.3 Å². The van der Waals surface area contributed by atoms with Crippen LogP contribution in [0, 0.1) is 11.6 Å². The quantitative estimate of drug-likeness (QED) is 0.824. The molecule has 1 rings (SSSR count). The van der Waals surface area contributed by atoms with Crippen LogP contribution in [0.25, 0.3) is 0 Å². The van der Waals surface area contributed by atoms with E-state index in [9.17, 15) is 13.6 Å². The first-order valence-corrected chi connectivity index (χ1v) is 6.22. The molecule has 106 valence electrons. The van der Waals surface area contributed by atoms with Crippen LogP contribution < -0.4 is 4.74 Å². The van der Waals surface area contributed by atoms with Gasteiger partial charge in [0.1, 0.15) is 5.82 Å². The predicted molar refractivity (Wildman–Crippen MR) is 69.0 cm³/mol. The summed E-state index contributed by atoms with van der Waals surface area (Å²) in [5.74, 6) is -1.84. The molecule has 0 N–H and O–H groups in total. The Kier molecular flexibility index (Phi) is 5.27. The number of carbonyl (C=O) groups excluding carboxylic acids is 1. The van der Waals surface area contributed by atoms with Crippen molar-refractivity contribution >= 4 is 5.91 Å². The largest absolute Gasteiger partial charge is 0.481 e. The number of carbonyl (C=O) groups is 1. The Morgan fingerprint density at radius 3 is 2.26 bits per heavy atom. The van der Waals surface area contributed by atoms with Crippen LogP contribution >= 0.6 is 0 Å². The van der Waals surface area contributed by atoms with Crippen molar-refractivity contribution in [2.75, 3.05) is 6.61 Å². The molecule has 0 aliphatic heterocycles. The van der Waals surface area contributed by atoms with Gasteiger partial charge in [-0.2, -0.15) is 0 Å². The van der Waals surface area contributed by atoms with E-state index >= 15 is 0 Å². The van der Waals surface area contributed by atoms with Gasteiger partial charge in [0.25, 0.3) is 5.91 Å². The van der Waals surface area contributed by atoms with Crippen molar-refractivity contribution in [1.82, 2.24) is 4.90 Å². The first-order valence-electron chi connectivity index (χ1n) is 6.22. The molecular weight excluding hydrogens is 252 g/mol. The van der Waals surface area contributed by atoms with Crippen molar-refractivity contribution in [3.8, 4) is 5.75 Å². The van der Waals surface area contributed by atoms with Crippen LogP contribution in [0.5, 0.6) is 5.75 Å². The molecule has 5 heteroatoms. The normalized spacial score (nSPS) is 10.9. The molecule has 0 aliphatic carbocycles. The van der Waals surface area contributed by atoms with Crippen LogP contribution in [-0.4, -0.2) is 29.5 Å². The molecule has 1 aromatic carbocycles. The molecular formula is C14H19F2NO2. The standard InChI is InChI=1S/C14H19F2NO2/c1-9(2)17(10(3)4)14(18)8-19-13-6-5-11(15)7-12(13)16/h5-7,9-10H,8H2,1-4H3. The zero-order valence-corrected chi connectivity index (χ0v) is 11.6. The summed E-state index contributed by atoms with van der Waals surface area (Å²) < 4.78 is 31.1. The molecule has 0 spiro atoms. The van der Waals surface area contributed by atoms with E-state index in [4.69, 9.17) is 4.74 Å². The van der Waals surface area contributed by atoms with Crippen LogP contribution in [0.1, 0.15) is 27.7 Å². The lowest BCUT2D eigenvalue weighted by Crippen LogP contribution is -2.44. The zero-order chi connectivity index (χ0) is 14.6. The number of halogens is 2. The molecule has 0 bridgehead atoms. The Morgan fingerprint density at radius 2 is 1.79 bits per heavy atom. The predicted octanol–water partition coefficient (Wildman–Crippen LogP) is 2.99. The highest BCUT2D eigenvalue weighted by Crippen LogP contribution is 2.18. The molecule has 3 nitrogen and oxygen atoms in total. The highest BCUT2D eigenvalue weighted by Gasteiger charge is 2.20. The van der Waals surface area contributed by atoms with Crippen LogP contribution in [0.4, 0.5) is 8.78 Å². The molecule has 0 aromatic heterocycles. The molecule has 0 atom stereocenters. The van der Waals surface area contributed by atoms with E-state index in [1.165, 1.54) is 6.07 Å². The van der Waals surface area contributed by atoms with E-state index in [2.05, 4.69) is 0 Å². The van der Waals surface area contributed by atoms with Crippen molar-refractivity contribution in [2.24, 2.45) is 0 Å². The Bertz CT molecular complexity index is 439. The number of hydrogen-bond donors (Lipinski definition) is 0. The average Bonchev–Trinajstić information content (AvgIpc) is 2.26. The number of ether oxygens (including phenoxy) is 1. The molecule has 1 aromatic rings. The molecule has 0 aliphatic rings. The van der Waals surface area contributed by atoms with Crippen molar-refractivity contribution in [1.29, 1.82) is 0 Å². The molecule has 0 saturated carbocycles. The van der Waals surface area contributed by atoms with Gasteiger partial charge in [0.15, 0.2) is 18.2 Å². The smallest absolute Gasteiger partial charge is 0.260 e. The Balaban J connectivity index is 2.67. The van der Waals surface area contributed by atoms with Gasteiger partial charge in [-0.15, -0.1) is 0 Å². The third-order valence-corrected chi connectivity index (χ3v) is 2.65. The lowest BCUT2D eigenvalue weighted by molar-refractivity contribution is -0.137. The van der Waals surface area contributed by atoms with Crippen molar-refractivity contribution in [3.05, 3.63) is 29.8 Å². The van der Waals surface area contributed by atoms with Gasteiger partial charge in [0.2, 0.25) is 0 Å². The maximum absolute atomic E-state index is 13.3. The lowest BCUT2D eigenvalue weighted by atomic mass is 10.2. The van der Waals surface area contributed by atoms with Gasteiger partial charge in [0.05, 0.1) is 0 Å². The molecule has 1 amide bonds. The minimum atomic E-state index is -0.812. The molecule has 0 radical (unpaired) electrons. The van der Waals surface area contributed by atoms with Gasteiger partial charge >= 0.3 is 0 Å². The van der Waals surface area contributed by atoms with Gasteiger partial charge in [0, 0.05) is 18.2 Å². The van der Waals surface area contributed by atoms with Crippen LogP contribution in [0.2, 0.25) is 0 Å². The average molecular weight is 271 g/mol. The SMILES string of the molecule is CC(C)N(C(=O)COc1ccc(F)cc1F)C(C)C. The summed E-state index contributed by atoms with van der Waals surface area (Å²) in [5, 5.41) is 0. The summed E-state index contributed by atoms with van der Waals surface area (Å²) in [7, 11) is 0. The fourth-order valence-electron chi connectivity index (χ4n) is 1.98. The third kappa shape index (κ3) is 4.19. The van der Waals surface area contributed by atoms with E-state index in [1.54, 1.807) is 4.90 Å². The van der Waals surface area contributed by atoms with Crippen molar-refractivity contribution in [3.63, 3.8) is 0 Å². The van der Waals surface area contributed by atoms with Crippen LogP contribution in [0.3, 0.4) is 0 Å². The zero-order valence-electron chi connectivity index (χ0n) is 11.6. The third-order valence-electron chi connectivity index (χ3n) is 2.65. The number of hydrogen-bond acceptors (Lipinski definition) is 2. The number of benzene rings is 1. The van der Waals surface area contributed by atoms with Gasteiger partial charge in [-0.05, 0) is 39.8 Å². The van der Waals surface area contributed by atoms with E-state index < -0.39 is 11.6 Å². The highest BCUT2D eigenvalue weighted by atomic mass is 19.1. The minimum absolute atomic E-state index is 0.0363.